The van der Waals surface area contributed by atoms with E-state index in [-0.39, 0.29) is 23.6 Å². The molecule has 8 heteroatoms. The van der Waals surface area contributed by atoms with Crippen molar-refractivity contribution in [3.63, 3.8) is 0 Å². The molecule has 2 saturated carbocycles. The number of sulfonamides is 1. The highest BCUT2D eigenvalue weighted by Crippen LogP contribution is 2.39. The molecule has 0 saturated heterocycles. The van der Waals surface area contributed by atoms with Gasteiger partial charge < -0.3 is 5.73 Å². The Morgan fingerprint density at radius 2 is 1.77 bits per heavy atom. The van der Waals surface area contributed by atoms with Gasteiger partial charge in [-0.2, -0.15) is 0 Å². The lowest BCUT2D eigenvalue weighted by molar-refractivity contribution is -0.131. The highest BCUT2D eigenvalue weighted by Gasteiger charge is 2.47. The van der Waals surface area contributed by atoms with Crippen LogP contribution < -0.4 is 10.5 Å². The van der Waals surface area contributed by atoms with Crippen LogP contribution >= 0.6 is 0 Å². The SMILES string of the molecule is CN1C(=O)[C@@](CCCC2CCCCC2)(C[C@H]2CCC[C@@H](NS(=O)(=O)Cc3ccccc3)C2)N=C1N. The first-order chi connectivity index (χ1) is 16.8. The Hall–Kier alpha value is -1.93. The zero-order valence-electron chi connectivity index (χ0n) is 21.1. The minimum Gasteiger partial charge on any atom is -0.369 e. The number of nitrogens with zero attached hydrogens (tertiary/aromatic N) is 2. The second-order valence-electron chi connectivity index (χ2n) is 11.1. The summed E-state index contributed by atoms with van der Waals surface area (Å²) in [5.41, 5.74) is 6.11. The molecular formula is C27H42N4O3S. The van der Waals surface area contributed by atoms with Crippen LogP contribution in [0, 0.1) is 11.8 Å². The third-order valence-electron chi connectivity index (χ3n) is 8.26. The first-order valence-corrected chi connectivity index (χ1v) is 15.1. The van der Waals surface area contributed by atoms with Gasteiger partial charge in [0.1, 0.15) is 5.54 Å². The summed E-state index contributed by atoms with van der Waals surface area (Å²) in [5.74, 6) is 1.32. The second-order valence-corrected chi connectivity index (χ2v) is 12.8. The zero-order chi connectivity index (χ0) is 24.9. The van der Waals surface area contributed by atoms with Crippen molar-refractivity contribution < 1.29 is 13.2 Å². The summed E-state index contributed by atoms with van der Waals surface area (Å²) in [6, 6.07) is 9.18. The van der Waals surface area contributed by atoms with Crippen molar-refractivity contribution in [3.05, 3.63) is 35.9 Å². The number of guanidine groups is 1. The zero-order valence-corrected chi connectivity index (χ0v) is 21.9. The highest BCUT2D eigenvalue weighted by atomic mass is 32.2. The molecule has 3 aliphatic rings. The maximum absolute atomic E-state index is 13.3. The van der Waals surface area contributed by atoms with Crippen LogP contribution in [0.1, 0.15) is 89.0 Å². The third-order valence-corrected chi connectivity index (χ3v) is 9.66. The number of benzene rings is 1. The number of hydrogen-bond donors (Lipinski definition) is 2. The molecule has 1 aromatic rings. The molecule has 1 amide bonds. The predicted molar refractivity (Wildman–Crippen MR) is 140 cm³/mol. The van der Waals surface area contributed by atoms with E-state index in [1.807, 2.05) is 30.3 Å². The smallest absolute Gasteiger partial charge is 0.257 e. The van der Waals surface area contributed by atoms with Gasteiger partial charge in [-0.15, -0.1) is 0 Å². The van der Waals surface area contributed by atoms with E-state index < -0.39 is 15.6 Å². The quantitative estimate of drug-likeness (QED) is 0.497. The number of likely N-dealkylation sites (N-methyl/N-ethyl adjacent to an activating group) is 1. The predicted octanol–water partition coefficient (Wildman–Crippen LogP) is 4.33. The summed E-state index contributed by atoms with van der Waals surface area (Å²) in [4.78, 5) is 19.6. The van der Waals surface area contributed by atoms with Gasteiger partial charge in [0.15, 0.2) is 5.96 Å². The van der Waals surface area contributed by atoms with E-state index in [2.05, 4.69) is 4.72 Å². The first kappa shape index (κ1) is 26.1. The molecule has 0 bridgehead atoms. The van der Waals surface area contributed by atoms with E-state index in [4.69, 9.17) is 10.7 Å². The number of nitrogens with two attached hydrogens (primary N) is 1. The monoisotopic (exact) mass is 502 g/mol. The molecule has 1 aromatic carbocycles. The molecule has 3 atom stereocenters. The fourth-order valence-electron chi connectivity index (χ4n) is 6.47. The summed E-state index contributed by atoms with van der Waals surface area (Å²) in [5, 5.41) is 0. The minimum absolute atomic E-state index is 0.00502. The highest BCUT2D eigenvalue weighted by molar-refractivity contribution is 7.88. The third kappa shape index (κ3) is 6.85. The maximum atomic E-state index is 13.3. The van der Waals surface area contributed by atoms with E-state index in [0.717, 1.165) is 56.4 Å². The summed E-state index contributed by atoms with van der Waals surface area (Å²) in [7, 11) is -1.71. The number of carbonyl (C=O) groups excluding carboxylic acids is 1. The molecule has 35 heavy (non-hydrogen) atoms. The van der Waals surface area contributed by atoms with Gasteiger partial charge >= 0.3 is 0 Å². The van der Waals surface area contributed by atoms with Gasteiger partial charge in [-0.25, -0.2) is 18.1 Å². The average Bonchev–Trinajstić information content (AvgIpc) is 3.03. The van der Waals surface area contributed by atoms with Crippen molar-refractivity contribution in [1.82, 2.24) is 9.62 Å². The van der Waals surface area contributed by atoms with E-state index in [9.17, 15) is 13.2 Å². The van der Waals surface area contributed by atoms with E-state index in [1.165, 1.54) is 37.0 Å². The van der Waals surface area contributed by atoms with Gasteiger partial charge in [-0.3, -0.25) is 9.69 Å². The molecule has 1 aliphatic heterocycles. The second kappa shape index (κ2) is 11.4. The molecule has 194 valence electrons. The molecule has 1 heterocycles. The Balaban J connectivity index is 1.38. The van der Waals surface area contributed by atoms with Crippen molar-refractivity contribution in [1.29, 1.82) is 0 Å². The summed E-state index contributed by atoms with van der Waals surface area (Å²) >= 11 is 0. The number of hydrogen-bond acceptors (Lipinski definition) is 5. The Kier molecular flexibility index (Phi) is 8.53. The van der Waals surface area contributed by atoms with Crippen LogP contribution in [0.5, 0.6) is 0 Å². The average molecular weight is 503 g/mol. The molecule has 0 aromatic heterocycles. The van der Waals surface area contributed by atoms with Crippen molar-refractivity contribution in [2.24, 2.45) is 22.6 Å². The van der Waals surface area contributed by atoms with Gasteiger partial charge in [0.2, 0.25) is 10.0 Å². The fourth-order valence-corrected chi connectivity index (χ4v) is 7.90. The van der Waals surface area contributed by atoms with Crippen LogP contribution in [0.15, 0.2) is 35.3 Å². The molecule has 2 fully saturated rings. The molecule has 3 N–H and O–H groups in total. The number of amides is 1. The Bertz CT molecular complexity index is 991. The van der Waals surface area contributed by atoms with Gasteiger partial charge in [-0.05, 0) is 43.1 Å². The fraction of sp³-hybridized carbons (Fsp3) is 0.704. The largest absolute Gasteiger partial charge is 0.369 e. The van der Waals surface area contributed by atoms with Gasteiger partial charge in [0, 0.05) is 13.1 Å². The Labute approximate surface area is 211 Å². The van der Waals surface area contributed by atoms with Crippen molar-refractivity contribution in [2.45, 2.75) is 101 Å². The first-order valence-electron chi connectivity index (χ1n) is 13.4. The Morgan fingerprint density at radius 3 is 2.46 bits per heavy atom. The molecule has 0 radical (unpaired) electrons. The maximum Gasteiger partial charge on any atom is 0.257 e. The topological polar surface area (TPSA) is 105 Å². The normalized spacial score (nSPS) is 28.3. The van der Waals surface area contributed by atoms with Crippen molar-refractivity contribution in [3.8, 4) is 0 Å². The number of aliphatic imine (C=N–C) groups is 1. The molecule has 0 unspecified atom stereocenters. The van der Waals surface area contributed by atoms with E-state index >= 15 is 0 Å². The van der Waals surface area contributed by atoms with Gasteiger partial charge in [0.25, 0.3) is 5.91 Å². The molecular weight excluding hydrogens is 460 g/mol. The van der Waals surface area contributed by atoms with Crippen LogP contribution in [-0.2, 0) is 20.6 Å². The van der Waals surface area contributed by atoms with Crippen LogP contribution in [0.25, 0.3) is 0 Å². The van der Waals surface area contributed by atoms with Crippen molar-refractivity contribution in [2.75, 3.05) is 7.05 Å². The lowest BCUT2D eigenvalue weighted by Gasteiger charge is -2.35. The molecule has 7 nitrogen and oxygen atoms in total. The molecule has 0 spiro atoms. The number of carbonyl (C=O) groups is 1. The van der Waals surface area contributed by atoms with Gasteiger partial charge in [-0.1, -0.05) is 88.1 Å². The molecule has 4 rings (SSSR count). The number of nitrogens with one attached hydrogen (secondary N) is 1. The van der Waals surface area contributed by atoms with E-state index in [0.29, 0.717) is 12.4 Å². The Morgan fingerprint density at radius 1 is 1.06 bits per heavy atom. The lowest BCUT2D eigenvalue weighted by atomic mass is 9.75. The summed E-state index contributed by atoms with van der Waals surface area (Å²) < 4.78 is 28.5. The van der Waals surface area contributed by atoms with Crippen LogP contribution in [0.3, 0.4) is 0 Å². The van der Waals surface area contributed by atoms with Crippen LogP contribution in [0.2, 0.25) is 0 Å². The standard InChI is InChI=1S/C27H42N4O3S/c1-31-25(32)27(29-26(31)28,17-9-15-21-10-4-2-5-11-21)19-23-14-8-16-24(18-23)30-35(33,34)20-22-12-6-3-7-13-22/h3,6-7,12-13,21,23-24,30H,2,4-5,8-11,14-20H2,1H3,(H2,28,29)/t23-,24+,27+/m0/s1. The minimum atomic E-state index is -3.43. The van der Waals surface area contributed by atoms with E-state index in [1.54, 1.807) is 7.05 Å². The van der Waals surface area contributed by atoms with Gasteiger partial charge in [0.05, 0.1) is 5.75 Å². The summed E-state index contributed by atoms with van der Waals surface area (Å²) in [6.07, 6.45) is 13.6. The van der Waals surface area contributed by atoms with Crippen LogP contribution in [0.4, 0.5) is 0 Å². The lowest BCUT2D eigenvalue weighted by Crippen LogP contribution is -2.45. The van der Waals surface area contributed by atoms with Crippen molar-refractivity contribution >= 4 is 21.9 Å². The number of rotatable bonds is 10. The summed E-state index contributed by atoms with van der Waals surface area (Å²) in [6.45, 7) is 0. The molecule has 2 aliphatic carbocycles. The van der Waals surface area contributed by atoms with Crippen LogP contribution in [-0.4, -0.2) is 43.8 Å².